The molecule has 0 saturated heterocycles. The van der Waals surface area contributed by atoms with Crippen LogP contribution in [0.2, 0.25) is 0 Å². The van der Waals surface area contributed by atoms with Crippen molar-refractivity contribution >= 4 is 23.6 Å². The second kappa shape index (κ2) is 5.88. The Kier molecular flexibility index (Phi) is 5.53. The fourth-order valence-electron chi connectivity index (χ4n) is 0.595. The van der Waals surface area contributed by atoms with E-state index in [0.717, 1.165) is 12.2 Å². The Labute approximate surface area is 75.7 Å². The summed E-state index contributed by atoms with van der Waals surface area (Å²) in [7, 11) is 0. The lowest BCUT2D eigenvalue weighted by molar-refractivity contribution is -0.138. The number of carbonyl (C=O) groups excluding carboxylic acids is 1. The maximum Gasteiger partial charge on any atom is 0.336 e. The number of aliphatic carboxylic acids is 1. The molecule has 0 saturated carbocycles. The van der Waals surface area contributed by atoms with E-state index in [1.807, 2.05) is 6.92 Å². The second-order valence-corrected chi connectivity index (χ2v) is 3.50. The third-order valence-electron chi connectivity index (χ3n) is 1.05. The van der Waals surface area contributed by atoms with Crippen molar-refractivity contribution in [2.24, 2.45) is 0 Å². The molecule has 1 atom stereocenters. The number of carboxylic acids is 1. The lowest BCUT2D eigenvalue weighted by atomic mass is 10.6. The lowest BCUT2D eigenvalue weighted by Gasteiger charge is -2.11. The normalized spacial score (nSPS) is 12.2. The molecule has 0 rings (SSSR count). The van der Waals surface area contributed by atoms with E-state index in [4.69, 9.17) is 5.11 Å². The highest BCUT2D eigenvalue weighted by Crippen LogP contribution is 2.09. The molecule has 4 nitrogen and oxygen atoms in total. The van der Waals surface area contributed by atoms with E-state index < -0.39 is 11.3 Å². The van der Waals surface area contributed by atoms with Crippen LogP contribution in [0.25, 0.3) is 0 Å². The molecular weight excluding hydrogens is 178 g/mol. The van der Waals surface area contributed by atoms with E-state index in [0.29, 0.717) is 0 Å². The Morgan fingerprint density at radius 2 is 2.17 bits per heavy atom. The number of amides is 1. The molecule has 70 valence electrons. The van der Waals surface area contributed by atoms with Crippen molar-refractivity contribution in [3.63, 3.8) is 0 Å². The Hall–Kier alpha value is -0.710. The summed E-state index contributed by atoms with van der Waals surface area (Å²) in [6.45, 7) is 3.27. The lowest BCUT2D eigenvalue weighted by Crippen LogP contribution is -2.37. The molecule has 0 aliphatic heterocycles. The number of carboxylic acid groups (broad SMARTS) is 1. The van der Waals surface area contributed by atoms with Gasteiger partial charge in [0, 0.05) is 6.92 Å². The van der Waals surface area contributed by atoms with Gasteiger partial charge in [0.2, 0.25) is 5.91 Å². The van der Waals surface area contributed by atoms with Gasteiger partial charge in [-0.25, -0.2) is 4.79 Å². The Morgan fingerprint density at radius 3 is 2.50 bits per heavy atom. The molecule has 0 radical (unpaired) electrons. The summed E-state index contributed by atoms with van der Waals surface area (Å²) < 4.78 is 0. The predicted molar refractivity (Wildman–Crippen MR) is 48.0 cm³/mol. The molecule has 0 aromatic heterocycles. The van der Waals surface area contributed by atoms with Crippen molar-refractivity contribution in [1.82, 2.24) is 5.32 Å². The summed E-state index contributed by atoms with van der Waals surface area (Å²) in [5.41, 5.74) is 0. The second-order valence-electron chi connectivity index (χ2n) is 2.29. The molecule has 0 aliphatic carbocycles. The molecule has 2 N–H and O–H groups in total. The first-order chi connectivity index (χ1) is 5.57. The first-order valence-corrected chi connectivity index (χ1v) is 4.74. The van der Waals surface area contributed by atoms with Gasteiger partial charge in [-0.15, -0.1) is 11.8 Å². The van der Waals surface area contributed by atoms with E-state index in [1.165, 1.54) is 18.7 Å². The monoisotopic (exact) mass is 191 g/mol. The highest BCUT2D eigenvalue weighted by Gasteiger charge is 2.17. The van der Waals surface area contributed by atoms with Gasteiger partial charge >= 0.3 is 5.97 Å². The van der Waals surface area contributed by atoms with Crippen LogP contribution in [-0.4, -0.2) is 28.1 Å². The highest BCUT2D eigenvalue weighted by atomic mass is 32.2. The van der Waals surface area contributed by atoms with E-state index in [2.05, 4.69) is 5.32 Å². The summed E-state index contributed by atoms with van der Waals surface area (Å²) >= 11 is 1.23. The van der Waals surface area contributed by atoms with E-state index in [1.54, 1.807) is 0 Å². The minimum absolute atomic E-state index is 0.314. The number of thioether (sulfide) groups is 1. The van der Waals surface area contributed by atoms with Crippen LogP contribution in [-0.2, 0) is 9.59 Å². The number of hydrogen-bond donors (Lipinski definition) is 2. The summed E-state index contributed by atoms with van der Waals surface area (Å²) in [6, 6.07) is 0. The first-order valence-electron chi connectivity index (χ1n) is 3.69. The molecule has 12 heavy (non-hydrogen) atoms. The number of rotatable bonds is 5. The third kappa shape index (κ3) is 5.01. The Morgan fingerprint density at radius 1 is 1.58 bits per heavy atom. The third-order valence-corrected chi connectivity index (χ3v) is 2.34. The van der Waals surface area contributed by atoms with Crippen LogP contribution in [0.5, 0.6) is 0 Å². The minimum Gasteiger partial charge on any atom is -0.479 e. The van der Waals surface area contributed by atoms with E-state index in [9.17, 15) is 9.59 Å². The molecule has 1 unspecified atom stereocenters. The van der Waals surface area contributed by atoms with Crippen LogP contribution >= 0.6 is 11.8 Å². The summed E-state index contributed by atoms with van der Waals surface area (Å²) in [4.78, 5) is 21.0. The van der Waals surface area contributed by atoms with Gasteiger partial charge in [-0.3, -0.25) is 4.79 Å². The average Bonchev–Trinajstić information content (AvgIpc) is 1.96. The summed E-state index contributed by atoms with van der Waals surface area (Å²) in [6.07, 6.45) is 0.897. The number of hydrogen-bond acceptors (Lipinski definition) is 3. The zero-order valence-electron chi connectivity index (χ0n) is 7.16. The molecule has 0 heterocycles. The van der Waals surface area contributed by atoms with Crippen LogP contribution in [0.1, 0.15) is 20.3 Å². The summed E-state index contributed by atoms with van der Waals surface area (Å²) in [5, 5.41) is 10.1. The molecule has 0 aromatic rings. The molecule has 0 spiro atoms. The molecule has 1 amide bonds. The highest BCUT2D eigenvalue weighted by molar-refractivity contribution is 8.00. The van der Waals surface area contributed by atoms with Gasteiger partial charge in [0.15, 0.2) is 5.37 Å². The topological polar surface area (TPSA) is 66.4 Å². The molecule has 0 aliphatic rings. The zero-order valence-corrected chi connectivity index (χ0v) is 7.98. The van der Waals surface area contributed by atoms with Gasteiger partial charge in [-0.2, -0.15) is 0 Å². The maximum absolute atomic E-state index is 10.5. The van der Waals surface area contributed by atoms with Gasteiger partial charge in [0.1, 0.15) is 0 Å². The fourth-order valence-corrected chi connectivity index (χ4v) is 1.46. The SMILES string of the molecule is CCCSC(NC(C)=O)C(=O)O. The van der Waals surface area contributed by atoms with Gasteiger partial charge < -0.3 is 10.4 Å². The quantitative estimate of drug-likeness (QED) is 0.627. The van der Waals surface area contributed by atoms with Crippen molar-refractivity contribution in [3.8, 4) is 0 Å². The maximum atomic E-state index is 10.5. The van der Waals surface area contributed by atoms with Crippen LogP contribution in [0.15, 0.2) is 0 Å². The molecule has 0 bridgehead atoms. The van der Waals surface area contributed by atoms with E-state index >= 15 is 0 Å². The van der Waals surface area contributed by atoms with Crippen molar-refractivity contribution in [3.05, 3.63) is 0 Å². The predicted octanol–water partition coefficient (Wildman–Crippen LogP) is 0.676. The van der Waals surface area contributed by atoms with Crippen molar-refractivity contribution in [2.75, 3.05) is 5.75 Å². The largest absolute Gasteiger partial charge is 0.479 e. The average molecular weight is 191 g/mol. The van der Waals surface area contributed by atoms with Crippen LogP contribution < -0.4 is 5.32 Å². The van der Waals surface area contributed by atoms with Gasteiger partial charge in [0.25, 0.3) is 0 Å². The minimum atomic E-state index is -0.997. The number of nitrogens with one attached hydrogen (secondary N) is 1. The fraction of sp³-hybridized carbons (Fsp3) is 0.714. The van der Waals surface area contributed by atoms with Crippen molar-refractivity contribution in [2.45, 2.75) is 25.6 Å². The van der Waals surface area contributed by atoms with Crippen LogP contribution in [0.4, 0.5) is 0 Å². The van der Waals surface area contributed by atoms with Gasteiger partial charge in [-0.05, 0) is 12.2 Å². The zero-order chi connectivity index (χ0) is 9.56. The van der Waals surface area contributed by atoms with Gasteiger partial charge in [0.05, 0.1) is 0 Å². The molecule has 5 heteroatoms. The smallest absolute Gasteiger partial charge is 0.336 e. The Bertz CT molecular complexity index is 172. The molecule has 0 aromatic carbocycles. The van der Waals surface area contributed by atoms with Gasteiger partial charge in [-0.1, -0.05) is 6.92 Å². The van der Waals surface area contributed by atoms with Crippen LogP contribution in [0, 0.1) is 0 Å². The molecular formula is C7H13NO3S. The van der Waals surface area contributed by atoms with Crippen molar-refractivity contribution < 1.29 is 14.7 Å². The summed E-state index contributed by atoms with van der Waals surface area (Å²) in [5.74, 6) is -0.577. The standard InChI is InChI=1S/C7H13NO3S/c1-3-4-12-6(7(10)11)8-5(2)9/h6H,3-4H2,1-2H3,(H,8,9)(H,10,11). The van der Waals surface area contributed by atoms with Crippen molar-refractivity contribution in [1.29, 1.82) is 0 Å². The van der Waals surface area contributed by atoms with Crippen LogP contribution in [0.3, 0.4) is 0 Å². The van der Waals surface area contributed by atoms with E-state index in [-0.39, 0.29) is 5.91 Å². The molecule has 0 fully saturated rings. The Balaban J connectivity index is 3.87. The number of carbonyl (C=O) groups is 2. The first kappa shape index (κ1) is 11.3.